The number of benzene rings is 2. The largest absolute Gasteiger partial charge is 0.487 e. The van der Waals surface area contributed by atoms with E-state index < -0.39 is 0 Å². The molecule has 2 aliphatic heterocycles. The van der Waals surface area contributed by atoms with E-state index >= 15 is 0 Å². The van der Waals surface area contributed by atoms with Gasteiger partial charge in [-0.25, -0.2) is 4.79 Å². The fraction of sp³-hybridized carbons (Fsp3) is 0.462. The first-order valence-electron chi connectivity index (χ1n) is 11.9. The van der Waals surface area contributed by atoms with Crippen molar-refractivity contribution >= 4 is 29.2 Å². The molecule has 7 heteroatoms. The average Bonchev–Trinajstić information content (AvgIpc) is 2.83. The smallest absolute Gasteiger partial charge is 0.324 e. The van der Waals surface area contributed by atoms with Crippen LogP contribution in [0.2, 0.25) is 5.02 Å². The summed E-state index contributed by atoms with van der Waals surface area (Å²) in [5.41, 5.74) is 3.31. The number of aryl methyl sites for hydroxylation is 1. The summed E-state index contributed by atoms with van der Waals surface area (Å²) >= 11 is 6.18. The number of anilines is 1. The number of ether oxygens (including phenoxy) is 1. The second-order valence-corrected chi connectivity index (χ2v) is 9.78. The van der Waals surface area contributed by atoms with E-state index in [2.05, 4.69) is 23.5 Å². The minimum atomic E-state index is -0.0932. The molecule has 2 aromatic carbocycles. The van der Waals surface area contributed by atoms with Crippen LogP contribution in [0.4, 0.5) is 10.5 Å². The van der Waals surface area contributed by atoms with Crippen LogP contribution in [0.1, 0.15) is 49.8 Å². The fourth-order valence-corrected chi connectivity index (χ4v) is 5.46. The Balaban J connectivity index is 1.21. The molecule has 1 saturated heterocycles. The highest BCUT2D eigenvalue weighted by atomic mass is 35.5. The first-order chi connectivity index (χ1) is 16.0. The predicted octanol–water partition coefficient (Wildman–Crippen LogP) is 4.95. The number of carbonyl (C=O) groups excluding carboxylic acids is 2. The summed E-state index contributed by atoms with van der Waals surface area (Å²) in [4.78, 5) is 30.0. The van der Waals surface area contributed by atoms with E-state index in [9.17, 15) is 9.59 Å². The predicted molar refractivity (Wildman–Crippen MR) is 129 cm³/mol. The van der Waals surface area contributed by atoms with Crippen LogP contribution in [0.15, 0.2) is 42.5 Å². The van der Waals surface area contributed by atoms with Crippen molar-refractivity contribution in [1.29, 1.82) is 0 Å². The number of rotatable bonds is 2. The maximum Gasteiger partial charge on any atom is 0.324 e. The number of nitrogens with one attached hydrogen (secondary N) is 1. The van der Waals surface area contributed by atoms with Gasteiger partial charge in [0, 0.05) is 24.0 Å². The van der Waals surface area contributed by atoms with E-state index in [1.165, 1.54) is 11.1 Å². The zero-order chi connectivity index (χ0) is 22.9. The normalized spacial score (nSPS) is 22.7. The number of piperidine rings is 1. The van der Waals surface area contributed by atoms with Gasteiger partial charge in [0.2, 0.25) is 5.91 Å². The molecule has 6 nitrogen and oxygen atoms in total. The Labute approximate surface area is 199 Å². The number of amides is 3. The van der Waals surface area contributed by atoms with E-state index in [1.54, 1.807) is 17.0 Å². The van der Waals surface area contributed by atoms with Gasteiger partial charge in [0.1, 0.15) is 11.9 Å². The van der Waals surface area contributed by atoms with Crippen molar-refractivity contribution in [2.75, 3.05) is 24.5 Å². The quantitative estimate of drug-likeness (QED) is 0.679. The van der Waals surface area contributed by atoms with E-state index in [0.29, 0.717) is 48.9 Å². The minimum Gasteiger partial charge on any atom is -0.487 e. The number of urea groups is 1. The molecule has 33 heavy (non-hydrogen) atoms. The van der Waals surface area contributed by atoms with Crippen molar-refractivity contribution in [3.63, 3.8) is 0 Å². The Hall–Kier alpha value is -2.73. The summed E-state index contributed by atoms with van der Waals surface area (Å²) in [5, 5.41) is 3.87. The molecule has 0 unspecified atom stereocenters. The van der Waals surface area contributed by atoms with Crippen molar-refractivity contribution in [2.24, 2.45) is 5.92 Å². The van der Waals surface area contributed by atoms with Gasteiger partial charge in [0.15, 0.2) is 0 Å². The van der Waals surface area contributed by atoms with Crippen LogP contribution in [0.3, 0.4) is 0 Å². The van der Waals surface area contributed by atoms with Crippen molar-refractivity contribution in [3.05, 3.63) is 58.6 Å². The number of fused-ring (bicyclic) bond motifs is 2. The van der Waals surface area contributed by atoms with Gasteiger partial charge in [-0.2, -0.15) is 0 Å². The molecule has 0 bridgehead atoms. The topological polar surface area (TPSA) is 61.9 Å². The van der Waals surface area contributed by atoms with Crippen LogP contribution in [0, 0.1) is 5.92 Å². The monoisotopic (exact) mass is 467 g/mol. The number of likely N-dealkylation sites (tertiary alicyclic amines) is 1. The lowest BCUT2D eigenvalue weighted by molar-refractivity contribution is -0.127. The van der Waals surface area contributed by atoms with Gasteiger partial charge in [0.05, 0.1) is 18.3 Å². The molecule has 2 heterocycles. The molecule has 174 valence electrons. The van der Waals surface area contributed by atoms with Crippen LogP contribution in [0.25, 0.3) is 0 Å². The van der Waals surface area contributed by atoms with E-state index in [4.69, 9.17) is 16.3 Å². The van der Waals surface area contributed by atoms with Gasteiger partial charge < -0.3 is 15.0 Å². The van der Waals surface area contributed by atoms with Gasteiger partial charge in [-0.1, -0.05) is 35.9 Å². The maximum atomic E-state index is 13.4. The molecular formula is C26H30ClN3O3. The zero-order valence-corrected chi connectivity index (χ0v) is 19.7. The lowest BCUT2D eigenvalue weighted by Crippen LogP contribution is -2.52. The zero-order valence-electron chi connectivity index (χ0n) is 18.9. The highest BCUT2D eigenvalue weighted by Crippen LogP contribution is 2.37. The van der Waals surface area contributed by atoms with Crippen LogP contribution in [-0.2, 0) is 11.2 Å². The number of hydrogen-bond acceptors (Lipinski definition) is 3. The molecule has 0 saturated carbocycles. The first kappa shape index (κ1) is 22.1. The minimum absolute atomic E-state index is 0.0475. The Morgan fingerprint density at radius 1 is 1.09 bits per heavy atom. The second-order valence-electron chi connectivity index (χ2n) is 9.35. The van der Waals surface area contributed by atoms with Crippen LogP contribution in [-0.4, -0.2) is 42.6 Å². The molecule has 3 aliphatic rings. The number of carbonyl (C=O) groups is 2. The van der Waals surface area contributed by atoms with Gasteiger partial charge in [-0.05, 0) is 68.4 Å². The Morgan fingerprint density at radius 2 is 1.88 bits per heavy atom. The lowest BCUT2D eigenvalue weighted by atomic mass is 9.87. The summed E-state index contributed by atoms with van der Waals surface area (Å²) in [6, 6.07) is 13.8. The van der Waals surface area contributed by atoms with Gasteiger partial charge in [-0.15, -0.1) is 0 Å². The third kappa shape index (κ3) is 4.54. The fourth-order valence-electron chi connectivity index (χ4n) is 5.29. The molecule has 1 fully saturated rings. The summed E-state index contributed by atoms with van der Waals surface area (Å²) in [6.07, 6.45) is 4.42. The van der Waals surface area contributed by atoms with Gasteiger partial charge in [0.25, 0.3) is 0 Å². The molecule has 1 N–H and O–H groups in total. The Kier molecular flexibility index (Phi) is 6.19. The molecule has 0 spiro atoms. The maximum absolute atomic E-state index is 13.4. The van der Waals surface area contributed by atoms with Crippen molar-refractivity contribution in [3.8, 4) is 5.75 Å². The van der Waals surface area contributed by atoms with E-state index in [0.717, 1.165) is 19.3 Å². The van der Waals surface area contributed by atoms with Crippen molar-refractivity contribution < 1.29 is 14.3 Å². The SMILES string of the molecule is C[C@@H]1CN(C(=O)N2CCC(C(=O)N[C@H]3CCCc4ccccc43)CC2)c2cc(Cl)ccc2O1. The average molecular weight is 468 g/mol. The molecule has 1 aliphatic carbocycles. The highest BCUT2D eigenvalue weighted by molar-refractivity contribution is 6.31. The summed E-state index contributed by atoms with van der Waals surface area (Å²) in [6.45, 7) is 3.57. The molecule has 2 aromatic rings. The van der Waals surface area contributed by atoms with Crippen LogP contribution in [0.5, 0.6) is 5.75 Å². The first-order valence-corrected chi connectivity index (χ1v) is 12.3. The molecular weight excluding hydrogens is 438 g/mol. The number of nitrogens with zero attached hydrogens (tertiary/aromatic N) is 2. The Morgan fingerprint density at radius 3 is 2.70 bits per heavy atom. The third-order valence-corrected chi connectivity index (χ3v) is 7.27. The summed E-state index contributed by atoms with van der Waals surface area (Å²) in [5.74, 6) is 0.725. The molecule has 3 amide bonds. The van der Waals surface area contributed by atoms with E-state index in [-0.39, 0.29) is 30.0 Å². The van der Waals surface area contributed by atoms with Crippen molar-refractivity contribution in [2.45, 2.75) is 51.2 Å². The van der Waals surface area contributed by atoms with Crippen LogP contribution >= 0.6 is 11.6 Å². The number of hydrogen-bond donors (Lipinski definition) is 1. The highest BCUT2D eigenvalue weighted by Gasteiger charge is 2.34. The molecule has 0 aromatic heterocycles. The van der Waals surface area contributed by atoms with Gasteiger partial charge >= 0.3 is 6.03 Å². The second kappa shape index (κ2) is 9.26. The molecule has 2 atom stereocenters. The molecule has 5 rings (SSSR count). The van der Waals surface area contributed by atoms with Crippen molar-refractivity contribution in [1.82, 2.24) is 10.2 Å². The number of halogens is 1. The van der Waals surface area contributed by atoms with Gasteiger partial charge in [-0.3, -0.25) is 9.69 Å². The van der Waals surface area contributed by atoms with E-state index in [1.807, 2.05) is 24.0 Å². The lowest BCUT2D eigenvalue weighted by Gasteiger charge is -2.39. The Bertz CT molecular complexity index is 1050. The third-order valence-electron chi connectivity index (χ3n) is 7.03. The molecule has 0 radical (unpaired) electrons. The standard InChI is InChI=1S/C26H30ClN3O3/c1-17-16-30(23-15-20(27)9-10-24(23)33-17)26(32)29-13-11-19(12-14-29)25(31)28-22-8-4-6-18-5-2-3-7-21(18)22/h2-3,5,7,9-10,15,17,19,22H,4,6,8,11-14,16H2,1H3,(H,28,31)/t17-,22+/m1/s1. The van der Waals surface area contributed by atoms with Crippen LogP contribution < -0.4 is 15.0 Å². The summed E-state index contributed by atoms with van der Waals surface area (Å²) < 4.78 is 5.88. The summed E-state index contributed by atoms with van der Waals surface area (Å²) in [7, 11) is 0.